The Morgan fingerprint density at radius 1 is 1.04 bits per heavy atom. The fourth-order valence-corrected chi connectivity index (χ4v) is 4.97. The van der Waals surface area contributed by atoms with Gasteiger partial charge in [-0.1, -0.05) is 6.42 Å². The largest absolute Gasteiger partial charge is 0.347 e. The van der Waals surface area contributed by atoms with Gasteiger partial charge in [0.25, 0.3) is 0 Å². The van der Waals surface area contributed by atoms with Gasteiger partial charge in [-0.3, -0.25) is 14.4 Å². The third-order valence-electron chi connectivity index (χ3n) is 6.09. The normalized spacial score (nSPS) is 31.3. The minimum atomic E-state index is -0.317. The number of likely N-dealkylation sites (tertiary alicyclic amines) is 1. The Bertz CT molecular complexity index is 508. The van der Waals surface area contributed by atoms with Crippen LogP contribution < -0.4 is 10.6 Å². The first-order valence-electron chi connectivity index (χ1n) is 9.33. The van der Waals surface area contributed by atoms with Crippen molar-refractivity contribution in [2.75, 3.05) is 19.6 Å². The highest BCUT2D eigenvalue weighted by Gasteiger charge is 2.41. The molecular formula is C18H29N3O3. The molecule has 0 radical (unpaired) electrons. The van der Waals surface area contributed by atoms with Crippen molar-refractivity contribution in [2.45, 2.75) is 57.9 Å². The fraction of sp³-hybridized carbons (Fsp3) is 0.833. The molecule has 4 atom stereocenters. The molecule has 0 aromatic carbocycles. The minimum absolute atomic E-state index is 0.0110. The molecule has 0 aromatic rings. The summed E-state index contributed by atoms with van der Waals surface area (Å²) in [7, 11) is 0. The van der Waals surface area contributed by atoms with Crippen LogP contribution in [-0.2, 0) is 14.4 Å². The second-order valence-corrected chi connectivity index (χ2v) is 7.74. The number of amides is 3. The van der Waals surface area contributed by atoms with Gasteiger partial charge in [-0.25, -0.2) is 0 Å². The van der Waals surface area contributed by atoms with Gasteiger partial charge in [0.2, 0.25) is 17.7 Å². The molecule has 134 valence electrons. The second kappa shape index (κ2) is 7.53. The summed E-state index contributed by atoms with van der Waals surface area (Å²) in [6, 6.07) is 0.356. The topological polar surface area (TPSA) is 78.5 Å². The Balaban J connectivity index is 1.43. The van der Waals surface area contributed by atoms with E-state index in [1.54, 1.807) is 0 Å². The molecule has 3 fully saturated rings. The molecule has 1 heterocycles. The number of fused-ring (bicyclic) bond motifs is 2. The second-order valence-electron chi connectivity index (χ2n) is 7.74. The number of hydrogen-bond acceptors (Lipinski definition) is 3. The van der Waals surface area contributed by atoms with Crippen LogP contribution in [0, 0.1) is 17.8 Å². The lowest BCUT2D eigenvalue weighted by atomic mass is 9.83. The molecule has 24 heavy (non-hydrogen) atoms. The maximum Gasteiger partial charge on any atom is 0.242 e. The maximum atomic E-state index is 12.5. The summed E-state index contributed by atoms with van der Waals surface area (Å²) in [5, 5.41) is 5.05. The zero-order chi connectivity index (χ0) is 17.1. The molecular weight excluding hydrogens is 306 g/mol. The molecule has 6 nitrogen and oxygen atoms in total. The lowest BCUT2D eigenvalue weighted by Gasteiger charge is -2.30. The van der Waals surface area contributed by atoms with Gasteiger partial charge < -0.3 is 15.5 Å². The first-order chi connectivity index (χ1) is 11.5. The summed E-state index contributed by atoms with van der Waals surface area (Å²) >= 11 is 0. The first-order valence-corrected chi connectivity index (χ1v) is 9.33. The first kappa shape index (κ1) is 17.2. The van der Waals surface area contributed by atoms with Gasteiger partial charge >= 0.3 is 0 Å². The summed E-state index contributed by atoms with van der Waals surface area (Å²) in [4.78, 5) is 36.8. The van der Waals surface area contributed by atoms with Crippen LogP contribution in [0.2, 0.25) is 0 Å². The van der Waals surface area contributed by atoms with Gasteiger partial charge in [0.1, 0.15) is 0 Å². The van der Waals surface area contributed by atoms with Crippen LogP contribution in [0.15, 0.2) is 0 Å². The number of rotatable bonds is 6. The molecule has 0 spiro atoms. The van der Waals surface area contributed by atoms with E-state index < -0.39 is 0 Å². The van der Waals surface area contributed by atoms with E-state index in [0.717, 1.165) is 43.6 Å². The monoisotopic (exact) mass is 335 g/mol. The third-order valence-corrected chi connectivity index (χ3v) is 6.09. The summed E-state index contributed by atoms with van der Waals surface area (Å²) in [6.45, 7) is 2.14. The van der Waals surface area contributed by atoms with Crippen molar-refractivity contribution < 1.29 is 14.4 Å². The zero-order valence-electron chi connectivity index (χ0n) is 14.6. The standard InChI is InChI=1S/C18H29N3O3/c1-12(22)19-10-17(23)20-11-18(24)21-6-2-3-16(21)9-15-8-13-4-5-14(15)7-13/h13-16H,2-11H2,1H3,(H,19,22)(H,20,23)/t13-,14-,15+,16-/m0/s1. The van der Waals surface area contributed by atoms with Crippen molar-refractivity contribution in [1.82, 2.24) is 15.5 Å². The maximum absolute atomic E-state index is 12.5. The highest BCUT2D eigenvalue weighted by molar-refractivity contribution is 5.87. The Hall–Kier alpha value is -1.59. The van der Waals surface area contributed by atoms with E-state index in [-0.39, 0.29) is 30.8 Å². The van der Waals surface area contributed by atoms with E-state index in [1.165, 1.54) is 32.6 Å². The van der Waals surface area contributed by atoms with E-state index in [0.29, 0.717) is 6.04 Å². The van der Waals surface area contributed by atoms with Crippen LogP contribution >= 0.6 is 0 Å². The van der Waals surface area contributed by atoms with Crippen molar-refractivity contribution >= 4 is 17.7 Å². The van der Waals surface area contributed by atoms with Gasteiger partial charge in [0.15, 0.2) is 0 Å². The number of carbonyl (C=O) groups is 3. The highest BCUT2D eigenvalue weighted by atomic mass is 16.2. The Labute approximate surface area is 143 Å². The van der Waals surface area contributed by atoms with Crippen LogP contribution in [0.25, 0.3) is 0 Å². The average molecular weight is 335 g/mol. The Morgan fingerprint density at radius 3 is 2.54 bits per heavy atom. The van der Waals surface area contributed by atoms with E-state index in [1.807, 2.05) is 4.90 Å². The quantitative estimate of drug-likeness (QED) is 0.762. The van der Waals surface area contributed by atoms with Crippen LogP contribution in [0.3, 0.4) is 0 Å². The lowest BCUT2D eigenvalue weighted by Crippen LogP contribution is -2.45. The number of nitrogens with zero attached hydrogens (tertiary/aromatic N) is 1. The summed E-state index contributed by atoms with van der Waals surface area (Å²) in [6.07, 6.45) is 8.87. The van der Waals surface area contributed by atoms with Gasteiger partial charge in [-0.05, 0) is 56.3 Å². The van der Waals surface area contributed by atoms with Crippen molar-refractivity contribution in [3.63, 3.8) is 0 Å². The zero-order valence-corrected chi connectivity index (χ0v) is 14.6. The Kier molecular flexibility index (Phi) is 5.41. The van der Waals surface area contributed by atoms with Gasteiger partial charge in [0.05, 0.1) is 13.1 Å². The average Bonchev–Trinajstić information content (AvgIpc) is 3.27. The van der Waals surface area contributed by atoms with Crippen LogP contribution in [-0.4, -0.2) is 48.3 Å². The van der Waals surface area contributed by atoms with Crippen molar-refractivity contribution in [3.05, 3.63) is 0 Å². The molecule has 3 rings (SSSR count). The van der Waals surface area contributed by atoms with Crippen LogP contribution in [0.4, 0.5) is 0 Å². The molecule has 2 saturated carbocycles. The van der Waals surface area contributed by atoms with Crippen LogP contribution in [0.5, 0.6) is 0 Å². The van der Waals surface area contributed by atoms with Gasteiger partial charge in [-0.2, -0.15) is 0 Å². The number of hydrogen-bond donors (Lipinski definition) is 2. The lowest BCUT2D eigenvalue weighted by molar-refractivity contribution is -0.133. The number of nitrogens with one attached hydrogen (secondary N) is 2. The van der Waals surface area contributed by atoms with E-state index >= 15 is 0 Å². The smallest absolute Gasteiger partial charge is 0.242 e. The molecule has 2 bridgehead atoms. The summed E-state index contributed by atoms with van der Waals surface area (Å²) in [5.41, 5.74) is 0. The molecule has 1 aliphatic heterocycles. The Morgan fingerprint density at radius 2 is 1.88 bits per heavy atom. The highest BCUT2D eigenvalue weighted by Crippen LogP contribution is 2.50. The predicted octanol–water partition coefficient (Wildman–Crippen LogP) is 1.06. The van der Waals surface area contributed by atoms with Gasteiger partial charge in [-0.15, -0.1) is 0 Å². The fourth-order valence-electron chi connectivity index (χ4n) is 4.97. The van der Waals surface area contributed by atoms with Crippen molar-refractivity contribution in [3.8, 4) is 0 Å². The SMILES string of the molecule is CC(=O)NCC(=O)NCC(=O)N1CCC[C@H]1C[C@H]1C[C@H]2CC[C@H]1C2. The molecule has 2 N–H and O–H groups in total. The van der Waals surface area contributed by atoms with Crippen LogP contribution in [0.1, 0.15) is 51.9 Å². The molecule has 2 aliphatic carbocycles. The van der Waals surface area contributed by atoms with E-state index in [4.69, 9.17) is 0 Å². The molecule has 0 aromatic heterocycles. The number of carbonyl (C=O) groups excluding carboxylic acids is 3. The predicted molar refractivity (Wildman–Crippen MR) is 90.0 cm³/mol. The molecule has 3 amide bonds. The van der Waals surface area contributed by atoms with Gasteiger partial charge in [0, 0.05) is 19.5 Å². The summed E-state index contributed by atoms with van der Waals surface area (Å²) < 4.78 is 0. The molecule has 3 aliphatic rings. The van der Waals surface area contributed by atoms with E-state index in [9.17, 15) is 14.4 Å². The minimum Gasteiger partial charge on any atom is -0.347 e. The molecule has 1 saturated heterocycles. The van der Waals surface area contributed by atoms with E-state index in [2.05, 4.69) is 10.6 Å². The molecule has 0 unspecified atom stereocenters. The summed E-state index contributed by atoms with van der Waals surface area (Å²) in [5.74, 6) is 2.08. The third kappa shape index (κ3) is 4.08. The van der Waals surface area contributed by atoms with Crippen molar-refractivity contribution in [1.29, 1.82) is 0 Å². The molecule has 6 heteroatoms. The van der Waals surface area contributed by atoms with Crippen molar-refractivity contribution in [2.24, 2.45) is 17.8 Å².